The van der Waals surface area contributed by atoms with E-state index in [1.807, 2.05) is 12.1 Å². The number of carbonyl (C=O) groups is 1. The number of thioether (sulfide) groups is 1. The van der Waals surface area contributed by atoms with Gasteiger partial charge in [0, 0.05) is 67.3 Å². The minimum Gasteiger partial charge on any atom is -0.657 e. The van der Waals surface area contributed by atoms with Gasteiger partial charge in [0.2, 0.25) is 0 Å². The molecule has 0 amide bonds. The van der Waals surface area contributed by atoms with Crippen LogP contribution in [0.3, 0.4) is 0 Å². The number of hydrogen-bond donors (Lipinski definition) is 2. The average Bonchev–Trinajstić information content (AvgIpc) is 1.60. The van der Waals surface area contributed by atoms with Gasteiger partial charge in [0.1, 0.15) is 0 Å². The van der Waals surface area contributed by atoms with Crippen molar-refractivity contribution in [3.05, 3.63) is 322 Å². The second kappa shape index (κ2) is 31.0. The van der Waals surface area contributed by atoms with E-state index in [4.69, 9.17) is 29.9 Å². The second-order valence-corrected chi connectivity index (χ2v) is 33.5. The van der Waals surface area contributed by atoms with Crippen molar-refractivity contribution < 1.29 is 24.3 Å². The fourth-order valence-electron chi connectivity index (χ4n) is 18.8. The van der Waals surface area contributed by atoms with E-state index in [-0.39, 0.29) is 24.6 Å². The summed E-state index contributed by atoms with van der Waals surface area (Å²) in [6.45, 7) is 34.4. The zero-order chi connectivity index (χ0) is 81.1. The Morgan fingerprint density at radius 3 is 0.771 bits per heavy atom. The van der Waals surface area contributed by atoms with E-state index in [9.17, 15) is 4.79 Å². The zero-order valence-corrected chi connectivity index (χ0v) is 73.4. The summed E-state index contributed by atoms with van der Waals surface area (Å²) in [6.07, 6.45) is 17.3. The Balaban J connectivity index is 0.00000998. The zero-order valence-electron chi connectivity index (χ0n) is 69.6. The monoisotopic (exact) mass is 1600 g/mol. The Morgan fingerprint density at radius 1 is 0.271 bits per heavy atom. The van der Waals surface area contributed by atoms with Gasteiger partial charge in [-0.05, 0) is 336 Å². The third-order valence-electron chi connectivity index (χ3n) is 23.1. The SMILES string of the molecule is CC(=O)Sc1ccc(-c2c3nc(c(-c4c(C)cc(C)cc4C)c4ccc([nH]4)c(-c4ccc(C#Cc5ccc(-c6c7nc(c(-c8c(C)cc(C)cc8C)c8ccc([n-]8)c(-c8c(C)cc(C)cc8C)c8nc(c(-c9c(C)cc(C)cc9C)c9ccc6[n-]9)C=C8)C=C7)cc5)cc4)c4nc(c(-c5c(C)cc(C)cc5C)c5ccc2[nH]5)C=C4)C=C3)cc1.[Zn+2]. The second-order valence-electron chi connectivity index (χ2n) is 32.3. The van der Waals surface area contributed by atoms with Gasteiger partial charge in [-0.15, -0.1) is 22.1 Å². The Labute approximate surface area is 707 Å². The van der Waals surface area contributed by atoms with E-state index in [1.165, 1.54) is 50.7 Å². The molecule has 0 radical (unpaired) electrons. The van der Waals surface area contributed by atoms with Crippen molar-refractivity contribution in [2.45, 2.75) is 116 Å². The van der Waals surface area contributed by atoms with Crippen LogP contribution in [0.5, 0.6) is 0 Å². The summed E-state index contributed by atoms with van der Waals surface area (Å²) in [4.78, 5) is 55.3. The van der Waals surface area contributed by atoms with Gasteiger partial charge in [-0.2, -0.15) is 0 Å². The first-order chi connectivity index (χ1) is 56.4. The first kappa shape index (κ1) is 77.7. The first-order valence-electron chi connectivity index (χ1n) is 40.1. The molecule has 0 atom stereocenters. The van der Waals surface area contributed by atoms with Crippen molar-refractivity contribution in [1.82, 2.24) is 39.9 Å². The molecule has 0 unspecified atom stereocenters. The molecule has 0 saturated carbocycles. The maximum absolute atomic E-state index is 12.3. The van der Waals surface area contributed by atoms with Gasteiger partial charge in [-0.3, -0.25) is 4.79 Å². The van der Waals surface area contributed by atoms with Crippen LogP contribution in [0.2, 0.25) is 0 Å². The molecule has 0 aliphatic carbocycles. The van der Waals surface area contributed by atoms with E-state index >= 15 is 0 Å². The Hall–Kier alpha value is -12.8. The van der Waals surface area contributed by atoms with Crippen LogP contribution < -0.4 is 9.97 Å². The molecule has 18 rings (SSSR count). The maximum Gasteiger partial charge on any atom is 2.00 e. The summed E-state index contributed by atoms with van der Waals surface area (Å²) in [7, 11) is 0. The summed E-state index contributed by atoms with van der Waals surface area (Å²) in [5.74, 6) is 7.12. The van der Waals surface area contributed by atoms with Crippen LogP contribution in [0, 0.1) is 116 Å². The molecule has 0 spiro atoms. The Morgan fingerprint density at radius 2 is 0.492 bits per heavy atom. The third kappa shape index (κ3) is 14.3. The average molecular weight is 1600 g/mol. The van der Waals surface area contributed by atoms with E-state index in [0.717, 1.165) is 239 Å². The molecule has 16 bridgehead atoms. The van der Waals surface area contributed by atoms with Crippen LogP contribution in [0.4, 0.5) is 0 Å². The topological polar surface area (TPSA) is 128 Å². The molecule has 4 aliphatic heterocycles. The number of aryl methyl sites for hydroxylation is 15. The van der Waals surface area contributed by atoms with Crippen LogP contribution in [0.25, 0.3) is 182 Å². The number of carbonyl (C=O) groups excluding carboxylic acids is 1. The molecule has 10 heterocycles. The fraction of sp³-hybridized carbons (Fsp3) is 0.150. The van der Waals surface area contributed by atoms with E-state index in [0.29, 0.717) is 0 Å². The maximum atomic E-state index is 12.3. The van der Waals surface area contributed by atoms with Gasteiger partial charge in [0.25, 0.3) is 0 Å². The van der Waals surface area contributed by atoms with E-state index in [1.54, 1.807) is 6.92 Å². The summed E-state index contributed by atoms with van der Waals surface area (Å²) in [5.41, 5.74) is 49.1. The van der Waals surface area contributed by atoms with Gasteiger partial charge in [-0.1, -0.05) is 173 Å². The van der Waals surface area contributed by atoms with Crippen molar-refractivity contribution in [3.63, 3.8) is 0 Å². The van der Waals surface area contributed by atoms with Crippen LogP contribution in [-0.4, -0.2) is 35.0 Å². The smallest absolute Gasteiger partial charge is 0.657 e. The van der Waals surface area contributed by atoms with Crippen LogP contribution in [-0.2, 0) is 24.3 Å². The molecule has 570 valence electrons. The minimum atomic E-state index is 0. The van der Waals surface area contributed by atoms with Crippen molar-refractivity contribution in [3.8, 4) is 101 Å². The molecule has 118 heavy (non-hydrogen) atoms. The van der Waals surface area contributed by atoms with Crippen LogP contribution in [0.1, 0.15) is 147 Å². The number of rotatable bonds is 9. The number of hydrogen-bond acceptors (Lipinski definition) is 6. The molecule has 6 aromatic heterocycles. The van der Waals surface area contributed by atoms with Crippen molar-refractivity contribution >= 4 is 110 Å². The van der Waals surface area contributed by atoms with Gasteiger partial charge in [0.15, 0.2) is 5.12 Å². The summed E-state index contributed by atoms with van der Waals surface area (Å²) in [5, 5.41) is 0.0381. The van der Waals surface area contributed by atoms with Gasteiger partial charge < -0.3 is 19.9 Å². The van der Waals surface area contributed by atoms with Crippen LogP contribution >= 0.6 is 11.8 Å². The molecule has 11 heteroatoms. The number of nitrogens with zero attached hydrogens (tertiary/aromatic N) is 6. The Kier molecular flexibility index (Phi) is 20.4. The molecule has 4 aliphatic rings. The molecular formula is C107H88N8OSZn. The standard InChI is InChI=1S/C107H88N8OS.Zn/c1-57-47-62(6)95(63(7)48-57)103-85-37-31-79(108-85)100(80-32-38-86(109-80)104(96-64(8)49-58(2)50-65(96)9)88-42-36-84(113-88)102(83-35-41-87(103)112-83)77-27-29-78(30-28-77)117-72(16)116)75-23-19-73(20-24-75)17-18-74-21-25-76(26-22-74)101-81-33-39-89(110-81)105(97-66(10)51-59(3)52-67(97)11)91-43-45-93(114-91)107(99-70(14)55-61(5)56-71(99)15)94-46-44-92(115-94)106(90-40-34-82(101)111-90)98-68(12)53-60(4)54-69(98)13;/h19-56H,1-16H3,(H2-2,108,109,110,111,112,113,114,115);/q-2;+2. The number of nitrogens with one attached hydrogen (secondary N) is 2. The molecule has 8 aromatic carbocycles. The molecule has 0 saturated heterocycles. The van der Waals surface area contributed by atoms with Gasteiger partial charge in [-0.25, -0.2) is 19.9 Å². The predicted octanol–water partition coefficient (Wildman–Crippen LogP) is 26.9. The summed E-state index contributed by atoms with van der Waals surface area (Å²) < 4.78 is 0. The third-order valence-corrected chi connectivity index (χ3v) is 23.9. The summed E-state index contributed by atoms with van der Waals surface area (Å²) in [6, 6.07) is 65.4. The number of aromatic nitrogens is 8. The van der Waals surface area contributed by atoms with Crippen molar-refractivity contribution in [1.29, 1.82) is 0 Å². The van der Waals surface area contributed by atoms with E-state index in [2.05, 4.69) is 344 Å². The predicted molar refractivity (Wildman–Crippen MR) is 493 cm³/mol. The number of H-pyrrole nitrogens is 2. The summed E-state index contributed by atoms with van der Waals surface area (Å²) >= 11 is 1.23. The van der Waals surface area contributed by atoms with Gasteiger partial charge in [0.05, 0.1) is 45.6 Å². The fourth-order valence-corrected chi connectivity index (χ4v) is 19.4. The first-order valence-corrected chi connectivity index (χ1v) is 40.9. The molecule has 14 aromatic rings. The quantitative estimate of drug-likeness (QED) is 0.0831. The minimum absolute atomic E-state index is 0. The van der Waals surface area contributed by atoms with E-state index < -0.39 is 0 Å². The molecule has 0 fully saturated rings. The molecule has 9 nitrogen and oxygen atoms in total. The molecular weight excluding hydrogens is 1510 g/mol. The number of benzene rings is 8. The molecule has 2 N–H and O–H groups in total. The van der Waals surface area contributed by atoms with Crippen LogP contribution in [0.15, 0.2) is 187 Å². The van der Waals surface area contributed by atoms with Gasteiger partial charge >= 0.3 is 19.5 Å². The number of aromatic amines is 2. The number of fused-ring (bicyclic) bond motifs is 16. The largest absolute Gasteiger partial charge is 2.00 e. The van der Waals surface area contributed by atoms with Crippen molar-refractivity contribution in [2.75, 3.05) is 0 Å². The Bertz CT molecular complexity index is 6980. The van der Waals surface area contributed by atoms with Crippen molar-refractivity contribution in [2.24, 2.45) is 0 Å². The normalized spacial score (nSPS) is 12.0.